The molecule has 6 atom stereocenters. The molecule has 0 spiro atoms. The number of azide groups is 1. The van der Waals surface area contributed by atoms with Gasteiger partial charge < -0.3 is 5.11 Å². The fourth-order valence-electron chi connectivity index (χ4n) is 7.60. The van der Waals surface area contributed by atoms with Crippen LogP contribution in [0.5, 0.6) is 0 Å². The van der Waals surface area contributed by atoms with Crippen LogP contribution in [0.15, 0.2) is 53.8 Å². The van der Waals surface area contributed by atoms with E-state index in [0.717, 1.165) is 49.9 Å². The van der Waals surface area contributed by atoms with Crippen molar-refractivity contribution in [2.75, 3.05) is 13.2 Å². The summed E-state index contributed by atoms with van der Waals surface area (Å²) < 4.78 is 1.99. The van der Waals surface area contributed by atoms with Gasteiger partial charge in [0.25, 0.3) is 0 Å². The van der Waals surface area contributed by atoms with Crippen LogP contribution in [0.1, 0.15) is 50.8 Å². The van der Waals surface area contributed by atoms with E-state index in [1.165, 1.54) is 11.1 Å². The number of para-hydroxylation sites is 1. The number of rotatable bonds is 5. The highest BCUT2D eigenvalue weighted by Crippen LogP contribution is 2.63. The molecule has 33 heavy (non-hydrogen) atoms. The van der Waals surface area contributed by atoms with E-state index in [1.54, 1.807) is 0 Å². The molecule has 0 saturated heterocycles. The van der Waals surface area contributed by atoms with Gasteiger partial charge >= 0.3 is 0 Å². The van der Waals surface area contributed by atoms with Crippen molar-refractivity contribution in [1.29, 1.82) is 0 Å². The minimum absolute atomic E-state index is 0.0623. The van der Waals surface area contributed by atoms with Crippen LogP contribution in [0.2, 0.25) is 0 Å². The number of aromatic nitrogens is 2. The van der Waals surface area contributed by atoms with Gasteiger partial charge in [-0.3, -0.25) is 0 Å². The molecule has 0 radical (unpaired) electrons. The molecule has 0 unspecified atom stereocenters. The Bertz CT molecular complexity index is 1090. The van der Waals surface area contributed by atoms with Crippen LogP contribution in [0.3, 0.4) is 0 Å². The second kappa shape index (κ2) is 8.34. The molecule has 1 aromatic carbocycles. The molecule has 2 saturated carbocycles. The van der Waals surface area contributed by atoms with Crippen molar-refractivity contribution in [3.05, 3.63) is 70.4 Å². The zero-order chi connectivity index (χ0) is 23.2. The summed E-state index contributed by atoms with van der Waals surface area (Å²) in [6.45, 7) is 9.87. The normalized spacial score (nSPS) is 35.5. The SMILES string of the molecule is C=C1CC[C@H]2[C@H](CN=[N+]=[N-])[C@@H]([C@@]3(C)Cc4cn(-c5ccccc5)nc4C[C@@H]3CO)CC[C@]12C. The first-order valence-electron chi connectivity index (χ1n) is 12.3. The molecule has 5 rings (SSSR count). The predicted octanol–water partition coefficient (Wildman–Crippen LogP) is 5.89. The van der Waals surface area contributed by atoms with E-state index in [9.17, 15) is 5.11 Å². The summed E-state index contributed by atoms with van der Waals surface area (Å²) in [5.74, 6) is 1.37. The third-order valence-corrected chi connectivity index (χ3v) is 9.66. The van der Waals surface area contributed by atoms with Gasteiger partial charge in [0, 0.05) is 24.3 Å². The summed E-state index contributed by atoms with van der Waals surface area (Å²) >= 11 is 0. The fraction of sp³-hybridized carbons (Fsp3) is 0.593. The van der Waals surface area contributed by atoms with E-state index >= 15 is 0 Å². The van der Waals surface area contributed by atoms with Crippen molar-refractivity contribution in [3.8, 4) is 5.69 Å². The number of allylic oxidation sites excluding steroid dienone is 1. The van der Waals surface area contributed by atoms with Crippen molar-refractivity contribution in [3.63, 3.8) is 0 Å². The van der Waals surface area contributed by atoms with Gasteiger partial charge in [-0.15, -0.1) is 0 Å². The summed E-state index contributed by atoms with van der Waals surface area (Å²) in [6, 6.07) is 10.2. The maximum absolute atomic E-state index is 10.5. The highest BCUT2D eigenvalue weighted by molar-refractivity contribution is 5.35. The zero-order valence-corrected chi connectivity index (χ0v) is 19.8. The molecule has 2 fully saturated rings. The lowest BCUT2D eigenvalue weighted by atomic mass is 9.49. The summed E-state index contributed by atoms with van der Waals surface area (Å²) in [5.41, 5.74) is 14.1. The van der Waals surface area contributed by atoms with E-state index in [1.807, 2.05) is 22.9 Å². The maximum Gasteiger partial charge on any atom is 0.0665 e. The smallest absolute Gasteiger partial charge is 0.0665 e. The van der Waals surface area contributed by atoms with E-state index in [0.29, 0.717) is 24.3 Å². The van der Waals surface area contributed by atoms with Crippen LogP contribution >= 0.6 is 0 Å². The summed E-state index contributed by atoms with van der Waals surface area (Å²) in [7, 11) is 0. The van der Waals surface area contributed by atoms with E-state index in [4.69, 9.17) is 10.6 Å². The average Bonchev–Trinajstić information content (AvgIpc) is 3.37. The Kier molecular flexibility index (Phi) is 5.62. The zero-order valence-electron chi connectivity index (χ0n) is 19.8. The Balaban J connectivity index is 1.51. The number of fused-ring (bicyclic) bond motifs is 2. The number of benzene rings is 1. The molecule has 6 heteroatoms. The summed E-state index contributed by atoms with van der Waals surface area (Å²) in [6.07, 6.45) is 8.32. The van der Waals surface area contributed by atoms with Gasteiger partial charge in [-0.25, -0.2) is 4.68 Å². The van der Waals surface area contributed by atoms with Crippen molar-refractivity contribution < 1.29 is 5.11 Å². The molecular formula is C27H35N5O. The van der Waals surface area contributed by atoms with Crippen LogP contribution in [-0.2, 0) is 12.8 Å². The monoisotopic (exact) mass is 445 g/mol. The highest BCUT2D eigenvalue weighted by Gasteiger charge is 2.56. The lowest BCUT2D eigenvalue weighted by molar-refractivity contribution is -0.0535. The number of aliphatic hydroxyl groups is 1. The maximum atomic E-state index is 10.5. The van der Waals surface area contributed by atoms with Gasteiger partial charge in [-0.1, -0.05) is 49.3 Å². The van der Waals surface area contributed by atoms with Crippen molar-refractivity contribution in [2.24, 2.45) is 39.6 Å². The molecule has 174 valence electrons. The first-order valence-corrected chi connectivity index (χ1v) is 12.3. The van der Waals surface area contributed by atoms with Gasteiger partial charge in [0.1, 0.15) is 0 Å². The van der Waals surface area contributed by atoms with Crippen LogP contribution in [-0.4, -0.2) is 28.0 Å². The van der Waals surface area contributed by atoms with E-state index in [2.05, 4.69) is 48.8 Å². The Morgan fingerprint density at radius 3 is 2.76 bits per heavy atom. The Hall–Kier alpha value is -2.56. The molecular weight excluding hydrogens is 410 g/mol. The molecule has 3 aliphatic carbocycles. The standard InChI is InChI=1S/C27H35N5O/c1-18-9-10-23-22(15-29-31-28)24(11-12-26(18,23)2)27(3)14-19-16-32(21-7-5-4-6-8-21)30-25(19)13-20(27)17-33/h4-8,16,20,22-24,33H,1,9-15,17H2,2-3H3/t20-,22+,23+,24+,26-,27+/m1/s1. The van der Waals surface area contributed by atoms with Crippen molar-refractivity contribution in [1.82, 2.24) is 9.78 Å². The third kappa shape index (κ3) is 3.51. The second-order valence-electron chi connectivity index (χ2n) is 11.0. The number of hydrogen-bond acceptors (Lipinski definition) is 3. The number of aliphatic hydroxyl groups excluding tert-OH is 1. The van der Waals surface area contributed by atoms with E-state index in [-0.39, 0.29) is 23.4 Å². The Labute approximate surface area is 196 Å². The van der Waals surface area contributed by atoms with Crippen LogP contribution in [0, 0.1) is 34.5 Å². The minimum Gasteiger partial charge on any atom is -0.396 e. The molecule has 0 bridgehead atoms. The molecule has 1 aromatic heterocycles. The molecule has 3 aliphatic rings. The molecule has 0 amide bonds. The minimum atomic E-state index is -0.0623. The summed E-state index contributed by atoms with van der Waals surface area (Å²) in [5, 5.41) is 19.5. The fourth-order valence-corrected chi connectivity index (χ4v) is 7.60. The molecule has 1 N–H and O–H groups in total. The van der Waals surface area contributed by atoms with Crippen LogP contribution < -0.4 is 0 Å². The van der Waals surface area contributed by atoms with Gasteiger partial charge in [-0.05, 0) is 96.3 Å². The Morgan fingerprint density at radius 2 is 2.03 bits per heavy atom. The quantitative estimate of drug-likeness (QED) is 0.269. The lowest BCUT2D eigenvalue weighted by Crippen LogP contribution is -2.52. The van der Waals surface area contributed by atoms with Crippen molar-refractivity contribution >= 4 is 0 Å². The average molecular weight is 446 g/mol. The summed E-state index contributed by atoms with van der Waals surface area (Å²) in [4.78, 5) is 3.14. The lowest BCUT2D eigenvalue weighted by Gasteiger charge is -2.55. The van der Waals surface area contributed by atoms with Crippen molar-refractivity contribution in [2.45, 2.75) is 52.4 Å². The molecule has 1 heterocycles. The predicted molar refractivity (Wildman–Crippen MR) is 130 cm³/mol. The first-order chi connectivity index (χ1) is 15.9. The van der Waals surface area contributed by atoms with Gasteiger partial charge in [0.05, 0.1) is 11.4 Å². The topological polar surface area (TPSA) is 86.8 Å². The Morgan fingerprint density at radius 1 is 1.24 bits per heavy atom. The highest BCUT2D eigenvalue weighted by atomic mass is 16.3. The van der Waals surface area contributed by atoms with Gasteiger partial charge in [0.15, 0.2) is 0 Å². The molecule has 0 aliphatic heterocycles. The first kappa shape index (κ1) is 22.2. The third-order valence-electron chi connectivity index (χ3n) is 9.66. The number of nitrogens with zero attached hydrogens (tertiary/aromatic N) is 5. The van der Waals surface area contributed by atoms with Gasteiger partial charge in [0.2, 0.25) is 0 Å². The molecule has 2 aromatic rings. The molecule has 6 nitrogen and oxygen atoms in total. The van der Waals surface area contributed by atoms with Gasteiger partial charge in [-0.2, -0.15) is 5.10 Å². The van der Waals surface area contributed by atoms with Crippen LogP contribution in [0.25, 0.3) is 16.1 Å². The second-order valence-corrected chi connectivity index (χ2v) is 11.0. The largest absolute Gasteiger partial charge is 0.396 e. The van der Waals surface area contributed by atoms with E-state index < -0.39 is 0 Å². The van der Waals surface area contributed by atoms with Crippen LogP contribution in [0.4, 0.5) is 0 Å². The number of hydrogen-bond donors (Lipinski definition) is 1.